The molecule has 1 unspecified atom stereocenters. The number of carbonyl (C=O) groups excluding carboxylic acids is 2. The maximum atomic E-state index is 10.7. The van der Waals surface area contributed by atoms with Gasteiger partial charge in [0.05, 0.1) is 5.57 Å². The van der Waals surface area contributed by atoms with Gasteiger partial charge in [-0.15, -0.1) is 0 Å². The molecule has 1 fully saturated rings. The van der Waals surface area contributed by atoms with E-state index in [4.69, 9.17) is 0 Å². The quantitative estimate of drug-likeness (QED) is 0.295. The number of carbonyl (C=O) groups is 2. The van der Waals surface area contributed by atoms with Gasteiger partial charge < -0.3 is 10.1 Å². The van der Waals surface area contributed by atoms with Crippen molar-refractivity contribution in [1.29, 1.82) is 0 Å². The number of nitrogens with one attached hydrogen (secondary N) is 1. The first kappa shape index (κ1) is 6.95. The van der Waals surface area contributed by atoms with E-state index in [9.17, 15) is 9.59 Å². The molecule has 4 heteroatoms. The molecule has 0 aromatic rings. The van der Waals surface area contributed by atoms with Crippen molar-refractivity contribution in [3.63, 3.8) is 0 Å². The first-order valence-electron chi connectivity index (χ1n) is 2.79. The minimum Gasteiger partial charge on any atom is -0.388 e. The summed E-state index contributed by atoms with van der Waals surface area (Å²) >= 11 is 0. The van der Waals surface area contributed by atoms with Crippen LogP contribution in [0.3, 0.4) is 0 Å². The number of hydrogen-bond acceptors (Lipinski definition) is 4. The molecular formula is C6H7NO3. The third-order valence-corrected chi connectivity index (χ3v) is 1.33. The number of hydrogen-bond donors (Lipinski definition) is 1. The largest absolute Gasteiger partial charge is 0.388 e. The molecule has 1 heterocycles. The zero-order valence-electron chi connectivity index (χ0n) is 5.51. The van der Waals surface area contributed by atoms with Crippen LogP contribution in [0.15, 0.2) is 12.2 Å². The number of rotatable bonds is 1. The van der Waals surface area contributed by atoms with Crippen molar-refractivity contribution in [2.75, 3.05) is 7.05 Å². The molecule has 0 spiro atoms. The van der Waals surface area contributed by atoms with Crippen LogP contribution < -0.4 is 5.32 Å². The summed E-state index contributed by atoms with van der Waals surface area (Å²) in [7, 11) is 1.57. The molecule has 0 saturated carbocycles. The minimum absolute atomic E-state index is 0.174. The Morgan fingerprint density at radius 2 is 2.20 bits per heavy atom. The molecule has 0 aliphatic carbocycles. The Hall–Kier alpha value is -1.16. The zero-order chi connectivity index (χ0) is 7.72. The Labute approximate surface area is 57.9 Å². The number of esters is 2. The Balaban J connectivity index is 2.84. The normalized spacial score (nSPS) is 25.3. The fraction of sp³-hybridized carbons (Fsp3) is 0.333. The first-order chi connectivity index (χ1) is 4.66. The van der Waals surface area contributed by atoms with Crippen LogP contribution in [0.25, 0.3) is 0 Å². The first-order valence-corrected chi connectivity index (χ1v) is 2.79. The average molecular weight is 141 g/mol. The van der Waals surface area contributed by atoms with Crippen LogP contribution in [-0.4, -0.2) is 25.0 Å². The van der Waals surface area contributed by atoms with Gasteiger partial charge >= 0.3 is 11.9 Å². The van der Waals surface area contributed by atoms with Crippen LogP contribution in [0.4, 0.5) is 0 Å². The molecule has 1 atom stereocenters. The van der Waals surface area contributed by atoms with Gasteiger partial charge in [-0.2, -0.15) is 0 Å². The smallest absolute Gasteiger partial charge is 0.343 e. The molecular weight excluding hydrogens is 134 g/mol. The van der Waals surface area contributed by atoms with Crippen molar-refractivity contribution in [3.05, 3.63) is 12.2 Å². The Bertz CT molecular complexity index is 209. The summed E-state index contributed by atoms with van der Waals surface area (Å²) in [5, 5.41) is 2.60. The molecule has 1 rings (SSSR count). The second-order valence-corrected chi connectivity index (χ2v) is 1.96. The Morgan fingerprint density at radius 1 is 1.60 bits per heavy atom. The molecule has 1 aliphatic rings. The van der Waals surface area contributed by atoms with Gasteiger partial charge in [0.25, 0.3) is 0 Å². The highest BCUT2D eigenvalue weighted by molar-refractivity contribution is 6.09. The topological polar surface area (TPSA) is 55.4 Å². The molecule has 4 nitrogen and oxygen atoms in total. The van der Waals surface area contributed by atoms with Gasteiger partial charge in [0, 0.05) is 0 Å². The summed E-state index contributed by atoms with van der Waals surface area (Å²) in [6, 6.07) is -0.646. The maximum absolute atomic E-state index is 10.7. The van der Waals surface area contributed by atoms with Gasteiger partial charge in [-0.05, 0) is 7.05 Å². The van der Waals surface area contributed by atoms with Crippen LogP contribution in [0, 0.1) is 0 Å². The standard InChI is InChI=1S/C6H7NO3/c1-3-4(7-2)6(9)10-5(3)8/h4,7H,1H2,2H3. The lowest BCUT2D eigenvalue weighted by Gasteiger charge is -1.99. The van der Waals surface area contributed by atoms with Crippen LogP contribution in [0.5, 0.6) is 0 Å². The number of likely N-dealkylation sites (N-methyl/N-ethyl adjacent to an activating group) is 1. The molecule has 0 bridgehead atoms. The highest BCUT2D eigenvalue weighted by atomic mass is 16.6. The SMILES string of the molecule is C=C1C(=O)OC(=O)C1NC. The van der Waals surface area contributed by atoms with Crippen LogP contribution >= 0.6 is 0 Å². The molecule has 1 N–H and O–H groups in total. The molecule has 0 aromatic carbocycles. The van der Waals surface area contributed by atoms with E-state index >= 15 is 0 Å². The highest BCUT2D eigenvalue weighted by Crippen LogP contribution is 2.12. The summed E-state index contributed by atoms with van der Waals surface area (Å²) < 4.78 is 4.24. The molecule has 0 amide bonds. The van der Waals surface area contributed by atoms with E-state index in [2.05, 4.69) is 16.6 Å². The Kier molecular flexibility index (Phi) is 1.55. The summed E-state index contributed by atoms with van der Waals surface area (Å²) in [5.74, 6) is -1.21. The van der Waals surface area contributed by atoms with Crippen molar-refractivity contribution in [3.8, 4) is 0 Å². The van der Waals surface area contributed by atoms with E-state index in [1.807, 2.05) is 0 Å². The lowest BCUT2D eigenvalue weighted by Crippen LogP contribution is -2.30. The van der Waals surface area contributed by atoms with Crippen molar-refractivity contribution < 1.29 is 14.3 Å². The lowest BCUT2D eigenvalue weighted by atomic mass is 10.2. The van der Waals surface area contributed by atoms with Crippen molar-refractivity contribution in [2.24, 2.45) is 0 Å². The monoisotopic (exact) mass is 141 g/mol. The van der Waals surface area contributed by atoms with E-state index in [1.165, 1.54) is 0 Å². The molecule has 0 radical (unpaired) electrons. The second kappa shape index (κ2) is 2.22. The van der Waals surface area contributed by atoms with Gasteiger partial charge in [-0.25, -0.2) is 9.59 Å². The van der Waals surface area contributed by atoms with Crippen molar-refractivity contribution in [2.45, 2.75) is 6.04 Å². The van der Waals surface area contributed by atoms with Crippen molar-refractivity contribution >= 4 is 11.9 Å². The fourth-order valence-corrected chi connectivity index (χ4v) is 0.768. The molecule has 1 saturated heterocycles. The average Bonchev–Trinajstić information content (AvgIpc) is 2.09. The van der Waals surface area contributed by atoms with Crippen LogP contribution in [0.1, 0.15) is 0 Å². The van der Waals surface area contributed by atoms with E-state index in [0.29, 0.717) is 0 Å². The molecule has 10 heavy (non-hydrogen) atoms. The third kappa shape index (κ3) is 0.823. The minimum atomic E-state index is -0.646. The van der Waals surface area contributed by atoms with E-state index < -0.39 is 18.0 Å². The van der Waals surface area contributed by atoms with Crippen LogP contribution in [-0.2, 0) is 14.3 Å². The number of ether oxygens (including phenoxy) is 1. The molecule has 54 valence electrons. The third-order valence-electron chi connectivity index (χ3n) is 1.33. The van der Waals surface area contributed by atoms with Gasteiger partial charge in [0.2, 0.25) is 0 Å². The van der Waals surface area contributed by atoms with Crippen molar-refractivity contribution in [1.82, 2.24) is 5.32 Å². The fourth-order valence-electron chi connectivity index (χ4n) is 0.768. The highest BCUT2D eigenvalue weighted by Gasteiger charge is 2.36. The van der Waals surface area contributed by atoms with Gasteiger partial charge in [0.15, 0.2) is 0 Å². The Morgan fingerprint density at radius 3 is 2.40 bits per heavy atom. The summed E-state index contributed by atoms with van der Waals surface area (Å²) in [6.07, 6.45) is 0. The lowest BCUT2D eigenvalue weighted by molar-refractivity contribution is -0.151. The summed E-state index contributed by atoms with van der Waals surface area (Å²) in [6.45, 7) is 3.38. The molecule has 1 aliphatic heterocycles. The van der Waals surface area contributed by atoms with E-state index in [-0.39, 0.29) is 5.57 Å². The van der Waals surface area contributed by atoms with E-state index in [1.54, 1.807) is 7.05 Å². The summed E-state index contributed by atoms with van der Waals surface area (Å²) in [5.41, 5.74) is 0.174. The predicted octanol–water partition coefficient (Wildman–Crippen LogP) is -0.786. The van der Waals surface area contributed by atoms with Gasteiger partial charge in [-0.3, -0.25) is 0 Å². The van der Waals surface area contributed by atoms with Gasteiger partial charge in [-0.1, -0.05) is 6.58 Å². The zero-order valence-corrected chi connectivity index (χ0v) is 5.51. The summed E-state index contributed by atoms with van der Waals surface area (Å²) in [4.78, 5) is 21.2. The molecule has 0 aromatic heterocycles. The number of cyclic esters (lactones) is 2. The van der Waals surface area contributed by atoms with Crippen LogP contribution in [0.2, 0.25) is 0 Å². The van der Waals surface area contributed by atoms with E-state index in [0.717, 1.165) is 0 Å². The maximum Gasteiger partial charge on any atom is 0.343 e. The predicted molar refractivity (Wildman–Crippen MR) is 33.1 cm³/mol. The second-order valence-electron chi connectivity index (χ2n) is 1.96. The van der Waals surface area contributed by atoms with Gasteiger partial charge in [0.1, 0.15) is 6.04 Å².